The van der Waals surface area contributed by atoms with Crippen molar-refractivity contribution >= 4 is 0 Å². The maximum Gasteiger partial charge on any atom is 0.134 e. The Morgan fingerprint density at radius 1 is 1.28 bits per heavy atom. The summed E-state index contributed by atoms with van der Waals surface area (Å²) in [7, 11) is 2.96. The lowest BCUT2D eigenvalue weighted by molar-refractivity contribution is 0.212. The fourth-order valence-electron chi connectivity index (χ4n) is 1.78. The van der Waals surface area contributed by atoms with Crippen molar-refractivity contribution in [2.45, 2.75) is 25.6 Å². The Balaban J connectivity index is 3.44. The van der Waals surface area contributed by atoms with Crippen LogP contribution in [0.5, 0.6) is 11.5 Å². The monoisotopic (exact) mass is 257 g/mol. The highest BCUT2D eigenvalue weighted by Gasteiger charge is 2.26. The van der Waals surface area contributed by atoms with Crippen LogP contribution in [0.4, 0.5) is 4.39 Å². The molecule has 0 bridgehead atoms. The van der Waals surface area contributed by atoms with E-state index >= 15 is 0 Å². The molecule has 1 unspecified atom stereocenters. The normalized spacial score (nSPS) is 13.3. The van der Waals surface area contributed by atoms with Crippen LogP contribution in [-0.2, 0) is 5.67 Å². The van der Waals surface area contributed by atoms with Crippen LogP contribution in [0.2, 0.25) is 0 Å². The Bertz CT molecular complexity index is 415. The van der Waals surface area contributed by atoms with E-state index in [1.54, 1.807) is 12.1 Å². The molecule has 0 saturated heterocycles. The second-order valence-corrected chi connectivity index (χ2v) is 4.56. The minimum atomic E-state index is -1.57. The lowest BCUT2D eigenvalue weighted by atomic mass is 9.94. The summed E-state index contributed by atoms with van der Waals surface area (Å²) in [4.78, 5) is 0. The van der Waals surface area contributed by atoms with Gasteiger partial charge in [0.25, 0.3) is 0 Å². The van der Waals surface area contributed by atoms with E-state index in [0.29, 0.717) is 22.6 Å². The van der Waals surface area contributed by atoms with Gasteiger partial charge in [-0.25, -0.2) is 4.39 Å². The van der Waals surface area contributed by atoms with Crippen molar-refractivity contribution in [1.29, 1.82) is 0 Å². The maximum absolute atomic E-state index is 14.1. The smallest absolute Gasteiger partial charge is 0.134 e. The van der Waals surface area contributed by atoms with Gasteiger partial charge in [0.2, 0.25) is 0 Å². The lowest BCUT2D eigenvalue weighted by Gasteiger charge is -2.22. The van der Waals surface area contributed by atoms with Crippen molar-refractivity contribution in [3.05, 3.63) is 23.3 Å². The lowest BCUT2D eigenvalue weighted by Crippen LogP contribution is -2.18. The average molecular weight is 257 g/mol. The summed E-state index contributed by atoms with van der Waals surface area (Å²) in [6.07, 6.45) is 0. The van der Waals surface area contributed by atoms with Crippen LogP contribution in [0.15, 0.2) is 12.1 Å². The molecule has 102 valence electrons. The zero-order valence-corrected chi connectivity index (χ0v) is 11.2. The zero-order chi connectivity index (χ0) is 13.9. The van der Waals surface area contributed by atoms with E-state index in [4.69, 9.17) is 20.3 Å². The van der Waals surface area contributed by atoms with Crippen molar-refractivity contribution in [1.82, 2.24) is 0 Å². The SMILES string of the molecule is COc1cc(OC)c(C(C)(C)F)cc1C(N)CO. The molecule has 18 heavy (non-hydrogen) atoms. The zero-order valence-electron chi connectivity index (χ0n) is 11.2. The van der Waals surface area contributed by atoms with Crippen LogP contribution < -0.4 is 15.2 Å². The van der Waals surface area contributed by atoms with Gasteiger partial charge in [-0.2, -0.15) is 0 Å². The Morgan fingerprint density at radius 3 is 2.22 bits per heavy atom. The molecule has 0 heterocycles. The van der Waals surface area contributed by atoms with E-state index in [2.05, 4.69) is 0 Å². The van der Waals surface area contributed by atoms with Crippen LogP contribution in [-0.4, -0.2) is 25.9 Å². The third-order valence-corrected chi connectivity index (χ3v) is 2.79. The van der Waals surface area contributed by atoms with Gasteiger partial charge in [-0.15, -0.1) is 0 Å². The van der Waals surface area contributed by atoms with Gasteiger partial charge >= 0.3 is 0 Å². The van der Waals surface area contributed by atoms with Crippen LogP contribution in [0.1, 0.15) is 31.0 Å². The van der Waals surface area contributed by atoms with Crippen LogP contribution >= 0.6 is 0 Å². The number of nitrogens with two attached hydrogens (primary N) is 1. The van der Waals surface area contributed by atoms with E-state index in [0.717, 1.165) is 0 Å². The van der Waals surface area contributed by atoms with Gasteiger partial charge in [0.05, 0.1) is 26.9 Å². The molecule has 4 nitrogen and oxygen atoms in total. The number of aliphatic hydroxyl groups is 1. The summed E-state index contributed by atoms with van der Waals surface area (Å²) in [6, 6.07) is 2.55. The minimum absolute atomic E-state index is 0.241. The van der Waals surface area contributed by atoms with E-state index in [-0.39, 0.29) is 6.61 Å². The molecule has 0 radical (unpaired) electrons. The topological polar surface area (TPSA) is 64.7 Å². The first-order valence-corrected chi connectivity index (χ1v) is 5.66. The second kappa shape index (κ2) is 5.54. The van der Waals surface area contributed by atoms with E-state index in [9.17, 15) is 4.39 Å². The van der Waals surface area contributed by atoms with Gasteiger partial charge in [0.1, 0.15) is 17.2 Å². The number of hydrogen-bond donors (Lipinski definition) is 2. The highest BCUT2D eigenvalue weighted by molar-refractivity contribution is 5.50. The van der Waals surface area contributed by atoms with E-state index in [1.165, 1.54) is 28.1 Å². The Morgan fingerprint density at radius 2 is 1.83 bits per heavy atom. The molecular formula is C13H20FNO3. The third-order valence-electron chi connectivity index (χ3n) is 2.79. The number of aliphatic hydroxyl groups excluding tert-OH is 1. The molecule has 1 atom stereocenters. The Hall–Kier alpha value is -1.33. The summed E-state index contributed by atoms with van der Waals surface area (Å²) in [5.41, 5.74) is 5.15. The number of ether oxygens (including phenoxy) is 2. The molecule has 0 aliphatic rings. The van der Waals surface area contributed by atoms with Crippen molar-refractivity contribution in [2.75, 3.05) is 20.8 Å². The second-order valence-electron chi connectivity index (χ2n) is 4.56. The fraction of sp³-hybridized carbons (Fsp3) is 0.538. The minimum Gasteiger partial charge on any atom is -0.496 e. The molecule has 0 amide bonds. The largest absolute Gasteiger partial charge is 0.496 e. The van der Waals surface area contributed by atoms with Gasteiger partial charge in [-0.1, -0.05) is 0 Å². The Kier molecular flexibility index (Phi) is 4.53. The van der Waals surface area contributed by atoms with Crippen molar-refractivity contribution in [3.8, 4) is 11.5 Å². The molecule has 0 fully saturated rings. The van der Waals surface area contributed by atoms with Gasteiger partial charge in [0.15, 0.2) is 0 Å². The molecule has 0 aliphatic heterocycles. The number of alkyl halides is 1. The summed E-state index contributed by atoms with van der Waals surface area (Å²) < 4.78 is 24.5. The first-order chi connectivity index (χ1) is 8.35. The van der Waals surface area contributed by atoms with Crippen LogP contribution in [0.3, 0.4) is 0 Å². The molecule has 3 N–H and O–H groups in total. The predicted molar refractivity (Wildman–Crippen MR) is 67.7 cm³/mol. The first kappa shape index (κ1) is 14.7. The van der Waals surface area contributed by atoms with Gasteiger partial charge in [-0.3, -0.25) is 0 Å². The molecule has 1 aromatic carbocycles. The maximum atomic E-state index is 14.1. The van der Waals surface area contributed by atoms with Crippen molar-refractivity contribution < 1.29 is 19.0 Å². The molecule has 0 spiro atoms. The summed E-state index contributed by atoms with van der Waals surface area (Å²) in [5.74, 6) is 0.870. The number of methoxy groups -OCH3 is 2. The Labute approximate surface area is 107 Å². The molecule has 5 heteroatoms. The van der Waals surface area contributed by atoms with Gasteiger partial charge < -0.3 is 20.3 Å². The molecular weight excluding hydrogens is 237 g/mol. The number of rotatable bonds is 5. The van der Waals surface area contributed by atoms with Crippen LogP contribution in [0.25, 0.3) is 0 Å². The summed E-state index contributed by atoms with van der Waals surface area (Å²) in [6.45, 7) is 2.63. The molecule has 0 aromatic heterocycles. The summed E-state index contributed by atoms with van der Waals surface area (Å²) >= 11 is 0. The van der Waals surface area contributed by atoms with Gasteiger partial charge in [0, 0.05) is 17.2 Å². The third kappa shape index (κ3) is 2.91. The van der Waals surface area contributed by atoms with Crippen LogP contribution in [0, 0.1) is 0 Å². The highest BCUT2D eigenvalue weighted by atomic mass is 19.1. The van der Waals surface area contributed by atoms with E-state index < -0.39 is 11.7 Å². The first-order valence-electron chi connectivity index (χ1n) is 5.66. The number of halogens is 1. The van der Waals surface area contributed by atoms with Gasteiger partial charge in [-0.05, 0) is 19.9 Å². The summed E-state index contributed by atoms with van der Waals surface area (Å²) in [5, 5.41) is 9.12. The molecule has 1 aromatic rings. The average Bonchev–Trinajstić information content (AvgIpc) is 2.34. The van der Waals surface area contributed by atoms with Crippen molar-refractivity contribution in [3.63, 3.8) is 0 Å². The standard InChI is InChI=1S/C13H20FNO3/c1-13(2,14)9-5-8(10(15)7-16)11(17-3)6-12(9)18-4/h5-6,10,16H,7,15H2,1-4H3. The molecule has 1 rings (SSSR count). The van der Waals surface area contributed by atoms with Crippen molar-refractivity contribution in [2.24, 2.45) is 5.73 Å². The quantitative estimate of drug-likeness (QED) is 0.845. The predicted octanol–water partition coefficient (Wildman–Crippen LogP) is 1.90. The van der Waals surface area contributed by atoms with E-state index in [1.807, 2.05) is 0 Å². The fourth-order valence-corrected chi connectivity index (χ4v) is 1.78. The molecule has 0 aliphatic carbocycles. The number of benzene rings is 1. The highest BCUT2D eigenvalue weighted by Crippen LogP contribution is 2.39. The molecule has 0 saturated carbocycles. The number of hydrogen-bond acceptors (Lipinski definition) is 4.